The van der Waals surface area contributed by atoms with Crippen LogP contribution in [0.4, 0.5) is 5.69 Å². The fraction of sp³-hybridized carbons (Fsp3) is 0.519. The summed E-state index contributed by atoms with van der Waals surface area (Å²) in [7, 11) is 0. The number of hydrogen-bond acceptors (Lipinski definition) is 4. The molecule has 0 saturated heterocycles. The highest BCUT2D eigenvalue weighted by Gasteiger charge is 2.51. The quantitative estimate of drug-likeness (QED) is 0.329. The van der Waals surface area contributed by atoms with Crippen molar-refractivity contribution in [2.24, 2.45) is 16.3 Å². The third-order valence-corrected chi connectivity index (χ3v) is 8.07. The standard InChI is InChI=1S/C27H34N2O3/c1-18(2)19-6-9-23-20(14-19)7-11-25-26(3,12-5-13-27(23,25)4)17-28-16-21-15-22(29(31)32)8-10-24(21)30/h6,8-10,14-16,18,25,30H,5,7,11-13,17H2,1-4H3/t25-,26+,27+/m0/s1. The Morgan fingerprint density at radius 2 is 2.00 bits per heavy atom. The minimum atomic E-state index is -0.450. The molecule has 5 nitrogen and oxygen atoms in total. The number of aliphatic imine (C=N–C) groups is 1. The molecular weight excluding hydrogens is 400 g/mol. The van der Waals surface area contributed by atoms with Crippen molar-refractivity contribution >= 4 is 11.9 Å². The smallest absolute Gasteiger partial charge is 0.270 e. The van der Waals surface area contributed by atoms with E-state index >= 15 is 0 Å². The second-order valence-electron chi connectivity index (χ2n) is 10.6. The van der Waals surface area contributed by atoms with Gasteiger partial charge in [0, 0.05) is 30.5 Å². The Morgan fingerprint density at radius 1 is 1.22 bits per heavy atom. The van der Waals surface area contributed by atoms with Gasteiger partial charge in [-0.15, -0.1) is 0 Å². The van der Waals surface area contributed by atoms with Gasteiger partial charge in [0.05, 0.1) is 4.92 Å². The predicted molar refractivity (Wildman–Crippen MR) is 129 cm³/mol. The first-order chi connectivity index (χ1) is 15.1. The molecule has 1 fully saturated rings. The van der Waals surface area contributed by atoms with Gasteiger partial charge in [-0.05, 0) is 71.1 Å². The summed E-state index contributed by atoms with van der Waals surface area (Å²) in [5, 5.41) is 21.2. The van der Waals surface area contributed by atoms with E-state index in [2.05, 4.69) is 45.9 Å². The molecule has 1 N–H and O–H groups in total. The van der Waals surface area contributed by atoms with Gasteiger partial charge in [0.1, 0.15) is 5.75 Å². The number of phenols is 1. The van der Waals surface area contributed by atoms with Gasteiger partial charge in [-0.25, -0.2) is 0 Å². The van der Waals surface area contributed by atoms with Gasteiger partial charge in [0.15, 0.2) is 0 Å². The molecule has 2 aliphatic carbocycles. The normalized spacial score (nSPS) is 27.3. The fourth-order valence-electron chi connectivity index (χ4n) is 6.30. The summed E-state index contributed by atoms with van der Waals surface area (Å²) in [6.07, 6.45) is 7.39. The van der Waals surface area contributed by atoms with E-state index < -0.39 is 4.92 Å². The van der Waals surface area contributed by atoms with Crippen LogP contribution in [-0.2, 0) is 11.8 Å². The van der Waals surface area contributed by atoms with Crippen molar-refractivity contribution < 1.29 is 10.0 Å². The number of hydrogen-bond donors (Lipinski definition) is 1. The second kappa shape index (κ2) is 8.34. The zero-order valence-electron chi connectivity index (χ0n) is 19.6. The maximum Gasteiger partial charge on any atom is 0.270 e. The molecule has 2 aromatic rings. The minimum absolute atomic E-state index is 0.0190. The lowest BCUT2D eigenvalue weighted by Crippen LogP contribution is -2.50. The van der Waals surface area contributed by atoms with Crippen molar-refractivity contribution in [3.05, 3.63) is 68.8 Å². The topological polar surface area (TPSA) is 75.7 Å². The van der Waals surface area contributed by atoms with Gasteiger partial charge < -0.3 is 5.11 Å². The van der Waals surface area contributed by atoms with Crippen LogP contribution in [0.25, 0.3) is 0 Å². The molecule has 0 aliphatic heterocycles. The van der Waals surface area contributed by atoms with E-state index in [1.165, 1.54) is 54.2 Å². The van der Waals surface area contributed by atoms with Crippen molar-refractivity contribution in [1.82, 2.24) is 0 Å². The molecule has 2 aromatic carbocycles. The van der Waals surface area contributed by atoms with Crippen molar-refractivity contribution in [1.29, 1.82) is 0 Å². The molecule has 32 heavy (non-hydrogen) atoms. The number of phenolic OH excluding ortho intramolecular Hbond substituents is 1. The largest absolute Gasteiger partial charge is 0.507 e. The molecule has 0 heterocycles. The van der Waals surface area contributed by atoms with Crippen molar-refractivity contribution in [2.45, 2.75) is 71.1 Å². The molecule has 0 bridgehead atoms. The van der Waals surface area contributed by atoms with Crippen LogP contribution in [0.1, 0.15) is 81.5 Å². The summed E-state index contributed by atoms with van der Waals surface area (Å²) in [5.74, 6) is 1.10. The van der Waals surface area contributed by atoms with Crippen molar-refractivity contribution in [3.63, 3.8) is 0 Å². The van der Waals surface area contributed by atoms with E-state index in [1.54, 1.807) is 6.21 Å². The van der Waals surface area contributed by atoms with E-state index in [9.17, 15) is 15.2 Å². The van der Waals surface area contributed by atoms with Gasteiger partial charge in [0.25, 0.3) is 5.69 Å². The molecule has 170 valence electrons. The van der Waals surface area contributed by atoms with Crippen LogP contribution in [0.15, 0.2) is 41.4 Å². The highest BCUT2D eigenvalue weighted by atomic mass is 16.6. The monoisotopic (exact) mass is 434 g/mol. The minimum Gasteiger partial charge on any atom is -0.507 e. The number of fused-ring (bicyclic) bond motifs is 3. The Bertz CT molecular complexity index is 1060. The van der Waals surface area contributed by atoms with E-state index in [1.807, 2.05) is 0 Å². The number of nitro benzene ring substituents is 1. The first-order valence-electron chi connectivity index (χ1n) is 11.7. The molecule has 3 atom stereocenters. The first-order valence-corrected chi connectivity index (χ1v) is 11.7. The lowest BCUT2D eigenvalue weighted by Gasteiger charge is -2.55. The lowest BCUT2D eigenvalue weighted by molar-refractivity contribution is -0.384. The number of aromatic hydroxyl groups is 1. The molecule has 1 saturated carbocycles. The highest BCUT2D eigenvalue weighted by Crippen LogP contribution is 2.57. The van der Waals surface area contributed by atoms with E-state index in [-0.39, 0.29) is 22.3 Å². The van der Waals surface area contributed by atoms with Gasteiger partial charge >= 0.3 is 0 Å². The zero-order chi connectivity index (χ0) is 23.1. The zero-order valence-corrected chi connectivity index (χ0v) is 19.6. The molecule has 0 unspecified atom stereocenters. The third-order valence-electron chi connectivity index (χ3n) is 8.07. The van der Waals surface area contributed by atoms with Gasteiger partial charge in [-0.3, -0.25) is 15.1 Å². The molecule has 4 rings (SSSR count). The van der Waals surface area contributed by atoms with Gasteiger partial charge in [0.2, 0.25) is 0 Å². The molecular formula is C27H34N2O3. The number of rotatable bonds is 5. The number of nitro groups is 1. The Balaban J connectivity index is 1.59. The number of benzene rings is 2. The molecule has 2 aliphatic rings. The van der Waals surface area contributed by atoms with E-state index in [4.69, 9.17) is 4.99 Å². The maximum atomic E-state index is 11.1. The molecule has 0 aromatic heterocycles. The number of non-ortho nitro benzene ring substituents is 1. The summed E-state index contributed by atoms with van der Waals surface area (Å²) in [4.78, 5) is 15.3. The molecule has 0 spiro atoms. The SMILES string of the molecule is CC(C)c1ccc2c(c1)CC[C@H]1[C@@](C)(CN=Cc3cc([N+](=O)[O-])ccc3O)CCC[C@]21C. The van der Waals surface area contributed by atoms with Crippen molar-refractivity contribution in [2.75, 3.05) is 6.54 Å². The van der Waals surface area contributed by atoms with Crippen molar-refractivity contribution in [3.8, 4) is 5.75 Å². The highest BCUT2D eigenvalue weighted by molar-refractivity contribution is 5.84. The summed E-state index contributed by atoms with van der Waals surface area (Å²) in [6.45, 7) is 9.97. The summed E-state index contributed by atoms with van der Waals surface area (Å²) in [6, 6.07) is 11.2. The van der Waals surface area contributed by atoms with Crippen LogP contribution in [0.5, 0.6) is 5.75 Å². The van der Waals surface area contributed by atoms with Crippen LogP contribution in [0.2, 0.25) is 0 Å². The van der Waals surface area contributed by atoms with Gasteiger partial charge in [-0.2, -0.15) is 0 Å². The van der Waals surface area contributed by atoms with Crippen LogP contribution in [0, 0.1) is 21.4 Å². The molecule has 0 radical (unpaired) electrons. The lowest BCUT2D eigenvalue weighted by atomic mass is 9.50. The Labute approximate surface area is 190 Å². The predicted octanol–water partition coefficient (Wildman–Crippen LogP) is 6.55. The average molecular weight is 435 g/mol. The van der Waals surface area contributed by atoms with Crippen LogP contribution < -0.4 is 0 Å². The summed E-state index contributed by atoms with van der Waals surface area (Å²) >= 11 is 0. The number of aryl methyl sites for hydroxylation is 1. The van der Waals surface area contributed by atoms with Gasteiger partial charge in [-0.1, -0.05) is 52.3 Å². The Morgan fingerprint density at radius 3 is 2.72 bits per heavy atom. The second-order valence-corrected chi connectivity index (χ2v) is 10.6. The van der Waals surface area contributed by atoms with E-state index in [0.717, 1.165) is 12.8 Å². The Hall–Kier alpha value is -2.69. The molecule has 5 heteroatoms. The van der Waals surface area contributed by atoms with Crippen LogP contribution in [0.3, 0.4) is 0 Å². The number of nitrogens with zero attached hydrogens (tertiary/aromatic N) is 2. The maximum absolute atomic E-state index is 11.1. The average Bonchev–Trinajstić information content (AvgIpc) is 2.74. The van der Waals surface area contributed by atoms with Crippen LogP contribution >= 0.6 is 0 Å². The third kappa shape index (κ3) is 3.94. The molecule has 0 amide bonds. The summed E-state index contributed by atoms with van der Waals surface area (Å²) in [5.41, 5.74) is 5.04. The first kappa shape index (κ1) is 22.5. The fourth-order valence-corrected chi connectivity index (χ4v) is 6.30. The Kier molecular flexibility index (Phi) is 5.87. The van der Waals surface area contributed by atoms with E-state index in [0.29, 0.717) is 23.9 Å². The summed E-state index contributed by atoms with van der Waals surface area (Å²) < 4.78 is 0. The van der Waals surface area contributed by atoms with Crippen LogP contribution in [-0.4, -0.2) is 22.8 Å².